The van der Waals surface area contributed by atoms with Crippen molar-refractivity contribution >= 4 is 11.8 Å². The molecule has 7 heteroatoms. The van der Waals surface area contributed by atoms with Crippen molar-refractivity contribution in [2.45, 2.75) is 70.3 Å². The van der Waals surface area contributed by atoms with E-state index >= 15 is 0 Å². The molecule has 1 unspecified atom stereocenters. The zero-order chi connectivity index (χ0) is 20.0. The maximum absolute atomic E-state index is 13.1. The van der Waals surface area contributed by atoms with Gasteiger partial charge in [-0.2, -0.15) is 13.2 Å². The Hall–Kier alpha value is -1.89. The Morgan fingerprint density at radius 1 is 1.11 bits per heavy atom. The minimum atomic E-state index is -4.38. The highest BCUT2D eigenvalue weighted by atomic mass is 19.4. The minimum absolute atomic E-state index is 0.195. The molecule has 1 aromatic carbocycles. The van der Waals surface area contributed by atoms with E-state index in [0.717, 1.165) is 16.7 Å². The molecule has 0 radical (unpaired) electrons. The Morgan fingerprint density at radius 2 is 1.67 bits per heavy atom. The van der Waals surface area contributed by atoms with Crippen LogP contribution in [-0.2, 0) is 19.1 Å². The van der Waals surface area contributed by atoms with E-state index in [1.165, 1.54) is 0 Å². The van der Waals surface area contributed by atoms with Crippen molar-refractivity contribution in [3.8, 4) is 0 Å². The molecule has 148 valence electrons. The zero-order valence-electron chi connectivity index (χ0n) is 15.6. The van der Waals surface area contributed by atoms with Gasteiger partial charge >= 0.3 is 12.1 Å². The second-order valence-corrected chi connectivity index (χ2v) is 7.65. The molecule has 2 fully saturated rings. The van der Waals surface area contributed by atoms with E-state index in [4.69, 9.17) is 9.47 Å². The van der Waals surface area contributed by atoms with Crippen molar-refractivity contribution in [2.24, 2.45) is 0 Å². The molecule has 0 amide bonds. The van der Waals surface area contributed by atoms with Gasteiger partial charge < -0.3 is 9.47 Å². The number of ketones is 1. The Labute approximate surface area is 156 Å². The third-order valence-corrected chi connectivity index (χ3v) is 5.49. The molecule has 1 saturated carbocycles. The van der Waals surface area contributed by atoms with Gasteiger partial charge in [0.2, 0.25) is 0 Å². The van der Waals surface area contributed by atoms with E-state index in [1.54, 1.807) is 0 Å². The molecular formula is C20H23F3O4. The maximum atomic E-state index is 13.1. The highest BCUT2D eigenvalue weighted by Crippen LogP contribution is 2.45. The van der Waals surface area contributed by atoms with Crippen LogP contribution in [0.3, 0.4) is 0 Å². The number of rotatable bonds is 3. The second kappa shape index (κ2) is 6.93. The fraction of sp³-hybridized carbons (Fsp3) is 0.600. The standard InChI is InChI=1S/C20H23F3O4/c1-11-8-12(2)15(13(3)9-11)16-17(24)19(27-18(16)25)6-4-14(5-7-19)26-10-20(21,22)23/h8-9,14,16H,4-7,10H2,1-3H3. The number of halogens is 3. The van der Waals surface area contributed by atoms with Crippen molar-refractivity contribution in [3.05, 3.63) is 34.4 Å². The van der Waals surface area contributed by atoms with Gasteiger partial charge in [-0.25, -0.2) is 0 Å². The quantitative estimate of drug-likeness (QED) is 0.582. The molecule has 1 aliphatic carbocycles. The molecule has 27 heavy (non-hydrogen) atoms. The van der Waals surface area contributed by atoms with Gasteiger partial charge in [-0.05, 0) is 63.1 Å². The molecule has 1 saturated heterocycles. The number of esters is 1. The van der Waals surface area contributed by atoms with Crippen molar-refractivity contribution in [1.29, 1.82) is 0 Å². The number of aryl methyl sites for hydroxylation is 3. The molecule has 1 atom stereocenters. The third kappa shape index (κ3) is 3.88. The molecule has 3 rings (SSSR count). The van der Waals surface area contributed by atoms with Crippen LogP contribution in [0.2, 0.25) is 0 Å². The number of hydrogen-bond acceptors (Lipinski definition) is 4. The third-order valence-electron chi connectivity index (χ3n) is 5.49. The Bertz CT molecular complexity index is 738. The number of alkyl halides is 3. The summed E-state index contributed by atoms with van der Waals surface area (Å²) in [5, 5.41) is 0. The first-order valence-corrected chi connectivity index (χ1v) is 9.06. The van der Waals surface area contributed by atoms with Crippen molar-refractivity contribution in [1.82, 2.24) is 0 Å². The van der Waals surface area contributed by atoms with E-state index in [0.29, 0.717) is 5.56 Å². The number of ether oxygens (including phenoxy) is 2. The average Bonchev–Trinajstić information content (AvgIpc) is 2.77. The first kappa shape index (κ1) is 19.9. The van der Waals surface area contributed by atoms with Gasteiger partial charge in [0.1, 0.15) is 12.5 Å². The summed E-state index contributed by atoms with van der Waals surface area (Å²) in [6.45, 7) is 4.37. The summed E-state index contributed by atoms with van der Waals surface area (Å²) >= 11 is 0. The molecule has 0 N–H and O–H groups in total. The van der Waals surface area contributed by atoms with Crippen LogP contribution in [0.25, 0.3) is 0 Å². The monoisotopic (exact) mass is 384 g/mol. The molecule has 0 bridgehead atoms. The number of carbonyl (C=O) groups excluding carboxylic acids is 2. The first-order valence-electron chi connectivity index (χ1n) is 9.06. The zero-order valence-corrected chi connectivity index (χ0v) is 15.6. The van der Waals surface area contributed by atoms with Crippen LogP contribution in [0.15, 0.2) is 12.1 Å². The van der Waals surface area contributed by atoms with Gasteiger partial charge in [-0.1, -0.05) is 17.7 Å². The lowest BCUT2D eigenvalue weighted by molar-refractivity contribution is -0.193. The van der Waals surface area contributed by atoms with Gasteiger partial charge in [-0.3, -0.25) is 9.59 Å². The lowest BCUT2D eigenvalue weighted by Gasteiger charge is -2.34. The average molecular weight is 384 g/mol. The minimum Gasteiger partial charge on any atom is -0.450 e. The Kier molecular flexibility index (Phi) is 5.10. The molecule has 1 heterocycles. The SMILES string of the molecule is Cc1cc(C)c(C2C(=O)OC3(CCC(OCC(F)(F)F)CC3)C2=O)c(C)c1. The van der Waals surface area contributed by atoms with Crippen molar-refractivity contribution in [3.63, 3.8) is 0 Å². The lowest BCUT2D eigenvalue weighted by atomic mass is 9.76. The van der Waals surface area contributed by atoms with Crippen LogP contribution in [-0.4, -0.2) is 36.2 Å². The van der Waals surface area contributed by atoms with Crippen LogP contribution in [0.4, 0.5) is 13.2 Å². The second-order valence-electron chi connectivity index (χ2n) is 7.65. The first-order chi connectivity index (χ1) is 12.5. The highest BCUT2D eigenvalue weighted by Gasteiger charge is 2.57. The molecule has 1 aromatic rings. The van der Waals surface area contributed by atoms with Gasteiger partial charge in [0.15, 0.2) is 11.4 Å². The number of Topliss-reactive ketones (excluding diaryl/α,β-unsaturated/α-hetero) is 1. The number of carbonyl (C=O) groups is 2. The number of benzene rings is 1. The van der Waals surface area contributed by atoms with Gasteiger partial charge in [0.05, 0.1) is 6.10 Å². The summed E-state index contributed by atoms with van der Waals surface area (Å²) in [6, 6.07) is 3.85. The van der Waals surface area contributed by atoms with E-state index in [2.05, 4.69) is 0 Å². The molecule has 4 nitrogen and oxygen atoms in total. The largest absolute Gasteiger partial charge is 0.450 e. The predicted octanol–water partition coefficient (Wildman–Crippen LogP) is 4.08. The predicted molar refractivity (Wildman–Crippen MR) is 91.5 cm³/mol. The summed E-state index contributed by atoms with van der Waals surface area (Å²) in [6.07, 6.45) is -4.05. The summed E-state index contributed by atoms with van der Waals surface area (Å²) < 4.78 is 47.4. The van der Waals surface area contributed by atoms with Gasteiger partial charge in [-0.15, -0.1) is 0 Å². The van der Waals surface area contributed by atoms with Crippen LogP contribution in [0, 0.1) is 20.8 Å². The van der Waals surface area contributed by atoms with Gasteiger partial charge in [0, 0.05) is 0 Å². The maximum Gasteiger partial charge on any atom is 0.411 e. The normalized spacial score (nSPS) is 28.7. The summed E-state index contributed by atoms with van der Waals surface area (Å²) in [4.78, 5) is 25.7. The molecule has 2 aliphatic rings. The topological polar surface area (TPSA) is 52.6 Å². The lowest BCUT2D eigenvalue weighted by Crippen LogP contribution is -2.43. The van der Waals surface area contributed by atoms with Crippen LogP contribution < -0.4 is 0 Å². The van der Waals surface area contributed by atoms with E-state index in [1.807, 2.05) is 32.9 Å². The summed E-state index contributed by atoms with van der Waals surface area (Å²) in [7, 11) is 0. The number of hydrogen-bond donors (Lipinski definition) is 0. The van der Waals surface area contributed by atoms with Crippen molar-refractivity contribution in [2.75, 3.05) is 6.61 Å². The smallest absolute Gasteiger partial charge is 0.411 e. The van der Waals surface area contributed by atoms with E-state index in [9.17, 15) is 22.8 Å². The molecule has 0 aromatic heterocycles. The van der Waals surface area contributed by atoms with E-state index in [-0.39, 0.29) is 31.5 Å². The molecular weight excluding hydrogens is 361 g/mol. The fourth-order valence-electron chi connectivity index (χ4n) is 4.35. The highest BCUT2D eigenvalue weighted by molar-refractivity contribution is 6.14. The Morgan fingerprint density at radius 3 is 2.19 bits per heavy atom. The molecule has 1 spiro atoms. The summed E-state index contributed by atoms with van der Waals surface area (Å²) in [5.74, 6) is -1.81. The van der Waals surface area contributed by atoms with Crippen LogP contribution in [0.1, 0.15) is 53.9 Å². The molecule has 1 aliphatic heterocycles. The van der Waals surface area contributed by atoms with Gasteiger partial charge in [0.25, 0.3) is 0 Å². The van der Waals surface area contributed by atoms with Crippen LogP contribution in [0.5, 0.6) is 0 Å². The van der Waals surface area contributed by atoms with Crippen LogP contribution >= 0.6 is 0 Å². The summed E-state index contributed by atoms with van der Waals surface area (Å²) in [5.41, 5.74) is 2.22. The van der Waals surface area contributed by atoms with Crippen molar-refractivity contribution < 1.29 is 32.2 Å². The fourth-order valence-corrected chi connectivity index (χ4v) is 4.35. The van der Waals surface area contributed by atoms with E-state index < -0.39 is 36.4 Å². The Balaban J connectivity index is 1.76.